The zero-order valence-electron chi connectivity index (χ0n) is 12.7. The smallest absolute Gasteiger partial charge is 0.293 e. The molecule has 2 bridgehead atoms. The molecule has 1 aromatic carbocycles. The summed E-state index contributed by atoms with van der Waals surface area (Å²) in [6.07, 6.45) is 3.29. The molecule has 4 atom stereocenters. The maximum Gasteiger partial charge on any atom is 0.293 e. The molecule has 0 aliphatic carbocycles. The molecule has 124 valence electrons. The number of imide groups is 1. The minimum atomic E-state index is -1.25. The van der Waals surface area contributed by atoms with Gasteiger partial charge in [0.05, 0.1) is 29.0 Å². The predicted octanol–water partition coefficient (Wildman–Crippen LogP) is 0.790. The molecule has 1 N–H and O–H groups in total. The third-order valence-electron chi connectivity index (χ3n) is 5.12. The van der Waals surface area contributed by atoms with Crippen LogP contribution in [0.3, 0.4) is 0 Å². The van der Waals surface area contributed by atoms with Crippen LogP contribution < -0.4 is 4.90 Å². The third kappa shape index (κ3) is 1.59. The molecule has 3 aliphatic rings. The van der Waals surface area contributed by atoms with Gasteiger partial charge in [0.25, 0.3) is 5.69 Å². The van der Waals surface area contributed by atoms with Crippen molar-refractivity contribution >= 4 is 23.2 Å². The first-order valence-corrected chi connectivity index (χ1v) is 7.47. The van der Waals surface area contributed by atoms with E-state index < -0.39 is 46.4 Å². The summed E-state index contributed by atoms with van der Waals surface area (Å²) in [7, 11) is 0. The first-order chi connectivity index (χ1) is 11.3. The second-order valence-electron chi connectivity index (χ2n) is 6.45. The van der Waals surface area contributed by atoms with Crippen molar-refractivity contribution in [1.82, 2.24) is 0 Å². The van der Waals surface area contributed by atoms with Gasteiger partial charge in [-0.3, -0.25) is 19.7 Å². The molecule has 0 unspecified atom stereocenters. The Balaban J connectivity index is 1.85. The van der Waals surface area contributed by atoms with Gasteiger partial charge in [-0.1, -0.05) is 24.3 Å². The van der Waals surface area contributed by atoms with E-state index >= 15 is 0 Å². The number of carbonyl (C=O) groups excluding carboxylic acids is 2. The lowest BCUT2D eigenvalue weighted by atomic mass is 9.73. The van der Waals surface area contributed by atoms with Crippen molar-refractivity contribution in [2.45, 2.75) is 18.1 Å². The van der Waals surface area contributed by atoms with Crippen LogP contribution in [0.2, 0.25) is 0 Å². The van der Waals surface area contributed by atoms with Crippen molar-refractivity contribution in [3.8, 4) is 0 Å². The minimum absolute atomic E-state index is 0.0528. The predicted molar refractivity (Wildman–Crippen MR) is 81.0 cm³/mol. The summed E-state index contributed by atoms with van der Waals surface area (Å²) in [6.45, 7) is 1.24. The van der Waals surface area contributed by atoms with Crippen molar-refractivity contribution in [3.63, 3.8) is 0 Å². The van der Waals surface area contributed by atoms with Crippen molar-refractivity contribution in [2.24, 2.45) is 11.8 Å². The number of nitro benzene ring substituents is 1. The van der Waals surface area contributed by atoms with Crippen LogP contribution in [0.25, 0.3) is 0 Å². The average Bonchev–Trinajstić information content (AvgIpc) is 3.13. The van der Waals surface area contributed by atoms with E-state index in [1.54, 1.807) is 19.1 Å². The molecule has 3 aliphatic heterocycles. The van der Waals surface area contributed by atoms with E-state index in [0.29, 0.717) is 0 Å². The zero-order chi connectivity index (χ0) is 17.3. The van der Waals surface area contributed by atoms with Gasteiger partial charge < -0.3 is 9.84 Å². The molecule has 24 heavy (non-hydrogen) atoms. The molecule has 1 aromatic rings. The van der Waals surface area contributed by atoms with Crippen LogP contribution in [0.15, 0.2) is 36.4 Å². The van der Waals surface area contributed by atoms with Crippen LogP contribution in [0.5, 0.6) is 0 Å². The van der Waals surface area contributed by atoms with Gasteiger partial charge in [-0.15, -0.1) is 0 Å². The van der Waals surface area contributed by atoms with Crippen molar-refractivity contribution in [3.05, 3.63) is 46.5 Å². The van der Waals surface area contributed by atoms with Gasteiger partial charge in [0.1, 0.15) is 11.3 Å². The SMILES string of the molecule is C[C@@]12C=C[C@@](CO)(O1)[C@@H]1C(=O)N(c3ccccc3[N+](=O)[O-])C(=O)[C@H]12. The van der Waals surface area contributed by atoms with E-state index in [1.165, 1.54) is 24.3 Å². The van der Waals surface area contributed by atoms with E-state index in [-0.39, 0.29) is 11.4 Å². The van der Waals surface area contributed by atoms with Gasteiger partial charge in [0.2, 0.25) is 11.8 Å². The minimum Gasteiger partial charge on any atom is -0.393 e. The van der Waals surface area contributed by atoms with E-state index in [9.17, 15) is 24.8 Å². The number of aliphatic hydroxyl groups is 1. The van der Waals surface area contributed by atoms with Gasteiger partial charge in [-0.2, -0.15) is 0 Å². The topological polar surface area (TPSA) is 110 Å². The Morgan fingerprint density at radius 2 is 1.92 bits per heavy atom. The van der Waals surface area contributed by atoms with Crippen LogP contribution in [0.4, 0.5) is 11.4 Å². The largest absolute Gasteiger partial charge is 0.393 e. The van der Waals surface area contributed by atoms with Crippen molar-refractivity contribution < 1.29 is 24.4 Å². The van der Waals surface area contributed by atoms with Gasteiger partial charge in [-0.05, 0) is 13.0 Å². The number of anilines is 1. The first-order valence-electron chi connectivity index (χ1n) is 7.47. The number of carbonyl (C=O) groups is 2. The number of hydrogen-bond donors (Lipinski definition) is 1. The molecule has 2 fully saturated rings. The number of para-hydroxylation sites is 2. The highest BCUT2D eigenvalue weighted by Crippen LogP contribution is 2.57. The second-order valence-corrected chi connectivity index (χ2v) is 6.45. The Morgan fingerprint density at radius 1 is 1.25 bits per heavy atom. The number of amides is 2. The van der Waals surface area contributed by atoms with Gasteiger partial charge in [-0.25, -0.2) is 4.90 Å². The highest BCUT2D eigenvalue weighted by molar-refractivity contribution is 6.24. The summed E-state index contributed by atoms with van der Waals surface area (Å²) in [5.74, 6) is -2.81. The summed E-state index contributed by atoms with van der Waals surface area (Å²) < 4.78 is 5.80. The Morgan fingerprint density at radius 3 is 2.58 bits per heavy atom. The van der Waals surface area contributed by atoms with Crippen molar-refractivity contribution in [1.29, 1.82) is 0 Å². The highest BCUT2D eigenvalue weighted by Gasteiger charge is 2.72. The van der Waals surface area contributed by atoms with Gasteiger partial charge >= 0.3 is 0 Å². The molecule has 0 saturated carbocycles. The fourth-order valence-electron chi connectivity index (χ4n) is 4.09. The summed E-state index contributed by atoms with van der Waals surface area (Å²) >= 11 is 0. The Labute approximate surface area is 136 Å². The Bertz CT molecular complexity index is 821. The fourth-order valence-corrected chi connectivity index (χ4v) is 4.09. The number of fused-ring (bicyclic) bond motifs is 5. The lowest BCUT2D eigenvalue weighted by Crippen LogP contribution is -2.43. The van der Waals surface area contributed by atoms with Crippen LogP contribution in [0, 0.1) is 22.0 Å². The lowest BCUT2D eigenvalue weighted by Gasteiger charge is -2.26. The van der Waals surface area contributed by atoms with Crippen LogP contribution in [-0.4, -0.2) is 39.7 Å². The monoisotopic (exact) mass is 330 g/mol. The average molecular weight is 330 g/mol. The number of benzene rings is 1. The van der Waals surface area contributed by atoms with E-state index in [4.69, 9.17) is 4.74 Å². The number of nitrogens with zero attached hydrogens (tertiary/aromatic N) is 2. The van der Waals surface area contributed by atoms with Crippen LogP contribution in [0.1, 0.15) is 6.92 Å². The number of nitro groups is 1. The summed E-state index contributed by atoms with van der Waals surface area (Å²) in [5.41, 5.74) is -2.62. The lowest BCUT2D eigenvalue weighted by molar-refractivity contribution is -0.384. The third-order valence-corrected chi connectivity index (χ3v) is 5.12. The molecule has 0 spiro atoms. The maximum atomic E-state index is 12.9. The number of hydrogen-bond acceptors (Lipinski definition) is 6. The van der Waals surface area contributed by atoms with E-state index in [2.05, 4.69) is 0 Å². The Hall–Kier alpha value is -2.58. The number of aliphatic hydroxyl groups excluding tert-OH is 1. The molecular formula is C16H14N2O6. The molecule has 0 aromatic heterocycles. The molecule has 4 rings (SSSR count). The maximum absolute atomic E-state index is 12.9. The van der Waals surface area contributed by atoms with E-state index in [0.717, 1.165) is 4.90 Å². The van der Waals surface area contributed by atoms with E-state index in [1.807, 2.05) is 0 Å². The second kappa shape index (κ2) is 4.49. The molecule has 0 radical (unpaired) electrons. The van der Waals surface area contributed by atoms with Crippen LogP contribution >= 0.6 is 0 Å². The quantitative estimate of drug-likeness (QED) is 0.380. The normalized spacial score (nSPS) is 36.5. The standard InChI is InChI=1S/C16H14N2O6/c1-15-6-7-16(8-19,24-15)12-11(15)13(20)17(14(12)21)9-4-2-3-5-10(9)18(22)23/h2-7,11-12,19H,8H2,1H3/t11-,12-,15-,16-/m0/s1. The number of ether oxygens (including phenoxy) is 1. The molecule has 2 saturated heterocycles. The van der Waals surface area contributed by atoms with Crippen LogP contribution in [-0.2, 0) is 14.3 Å². The van der Waals surface area contributed by atoms with Gasteiger partial charge in [0, 0.05) is 6.07 Å². The van der Waals surface area contributed by atoms with Crippen molar-refractivity contribution in [2.75, 3.05) is 11.5 Å². The summed E-state index contributed by atoms with van der Waals surface area (Å²) in [6, 6.07) is 5.62. The molecule has 8 heteroatoms. The molecular weight excluding hydrogens is 316 g/mol. The summed E-state index contributed by atoms with van der Waals surface area (Å²) in [4.78, 5) is 37.3. The molecule has 8 nitrogen and oxygen atoms in total. The summed E-state index contributed by atoms with van der Waals surface area (Å²) in [5, 5.41) is 21.0. The zero-order valence-corrected chi connectivity index (χ0v) is 12.7. The number of rotatable bonds is 3. The van der Waals surface area contributed by atoms with Gasteiger partial charge in [0.15, 0.2) is 0 Å². The molecule has 2 amide bonds. The highest BCUT2D eigenvalue weighted by atomic mass is 16.6. The first kappa shape index (κ1) is 15.0. The fraction of sp³-hybridized carbons (Fsp3) is 0.375. The Kier molecular flexibility index (Phi) is 2.80. The molecule has 3 heterocycles.